The number of aryl methyl sites for hydroxylation is 1. The monoisotopic (exact) mass is 382 g/mol. The number of amides is 1. The Morgan fingerprint density at radius 3 is 2.56 bits per heavy atom. The second-order valence-corrected chi connectivity index (χ2v) is 8.92. The second-order valence-electron chi connectivity index (χ2n) is 5.65. The number of sulfone groups is 1. The number of aromatic nitrogens is 3. The smallest absolute Gasteiger partial charge is 0.276 e. The van der Waals surface area contributed by atoms with E-state index in [4.69, 9.17) is 0 Å². The van der Waals surface area contributed by atoms with E-state index in [9.17, 15) is 13.2 Å². The molecule has 0 saturated carbocycles. The van der Waals surface area contributed by atoms with Crippen molar-refractivity contribution in [2.75, 3.05) is 11.1 Å². The van der Waals surface area contributed by atoms with E-state index in [1.54, 1.807) is 12.3 Å². The highest BCUT2D eigenvalue weighted by Crippen LogP contribution is 2.22. The van der Waals surface area contributed by atoms with Crippen molar-refractivity contribution in [3.05, 3.63) is 29.6 Å². The zero-order valence-electron chi connectivity index (χ0n) is 14.4. The minimum atomic E-state index is -3.44. The fourth-order valence-corrected chi connectivity index (χ4v) is 4.53. The zero-order valence-corrected chi connectivity index (χ0v) is 16.0. The fraction of sp³-hybridized carbons (Fsp3) is 0.500. The molecule has 0 aliphatic rings. The molecular weight excluding hydrogens is 360 g/mol. The Hall–Kier alpha value is -1.87. The SMILES string of the molecule is CCCCc1ccc(C(=O)Nc2nnc(S(=O)(=O)CCCC)s2)nc1. The second kappa shape index (κ2) is 9.00. The van der Waals surface area contributed by atoms with Crippen LogP contribution in [0.3, 0.4) is 0 Å². The average molecular weight is 383 g/mol. The van der Waals surface area contributed by atoms with Crippen LogP contribution in [-0.2, 0) is 16.3 Å². The van der Waals surface area contributed by atoms with Crippen LogP contribution in [0.4, 0.5) is 5.13 Å². The molecule has 136 valence electrons. The van der Waals surface area contributed by atoms with E-state index in [2.05, 4.69) is 27.4 Å². The summed E-state index contributed by atoms with van der Waals surface area (Å²) in [6.45, 7) is 4.04. The number of anilines is 1. The van der Waals surface area contributed by atoms with Crippen molar-refractivity contribution < 1.29 is 13.2 Å². The van der Waals surface area contributed by atoms with Gasteiger partial charge in [0.25, 0.3) is 5.91 Å². The van der Waals surface area contributed by atoms with Crippen LogP contribution in [0.25, 0.3) is 0 Å². The molecule has 2 aromatic heterocycles. The van der Waals surface area contributed by atoms with Crippen molar-refractivity contribution in [3.63, 3.8) is 0 Å². The molecule has 7 nitrogen and oxygen atoms in total. The van der Waals surface area contributed by atoms with Gasteiger partial charge in [0.2, 0.25) is 19.3 Å². The van der Waals surface area contributed by atoms with Gasteiger partial charge in [0.1, 0.15) is 5.69 Å². The Bertz CT molecular complexity index is 801. The molecule has 0 spiro atoms. The molecule has 1 amide bonds. The van der Waals surface area contributed by atoms with E-state index in [0.29, 0.717) is 6.42 Å². The number of unbranched alkanes of at least 4 members (excludes halogenated alkanes) is 2. The third-order valence-corrected chi connectivity index (χ3v) is 6.62. The largest absolute Gasteiger partial charge is 0.295 e. The van der Waals surface area contributed by atoms with E-state index >= 15 is 0 Å². The van der Waals surface area contributed by atoms with Crippen LogP contribution in [0.1, 0.15) is 55.6 Å². The van der Waals surface area contributed by atoms with Gasteiger partial charge in [-0.2, -0.15) is 0 Å². The first-order chi connectivity index (χ1) is 12.0. The first-order valence-electron chi connectivity index (χ1n) is 8.28. The van der Waals surface area contributed by atoms with Gasteiger partial charge in [-0.3, -0.25) is 15.1 Å². The van der Waals surface area contributed by atoms with Gasteiger partial charge >= 0.3 is 0 Å². The molecule has 2 heterocycles. The summed E-state index contributed by atoms with van der Waals surface area (Å²) in [5.41, 5.74) is 1.34. The summed E-state index contributed by atoms with van der Waals surface area (Å²) in [5.74, 6) is -0.400. The van der Waals surface area contributed by atoms with Gasteiger partial charge in [-0.25, -0.2) is 8.42 Å². The minimum Gasteiger partial charge on any atom is -0.295 e. The van der Waals surface area contributed by atoms with Crippen molar-refractivity contribution >= 4 is 32.2 Å². The number of carbonyl (C=O) groups excluding carboxylic acids is 1. The van der Waals surface area contributed by atoms with E-state index in [0.717, 1.165) is 42.6 Å². The number of hydrogen-bond donors (Lipinski definition) is 1. The molecule has 0 bridgehead atoms. The summed E-state index contributed by atoms with van der Waals surface area (Å²) < 4.78 is 24.1. The highest BCUT2D eigenvalue weighted by molar-refractivity contribution is 7.93. The molecule has 0 aliphatic heterocycles. The summed E-state index contributed by atoms with van der Waals surface area (Å²) in [7, 11) is -3.44. The highest BCUT2D eigenvalue weighted by Gasteiger charge is 2.20. The van der Waals surface area contributed by atoms with Crippen molar-refractivity contribution in [2.45, 2.75) is 50.3 Å². The minimum absolute atomic E-state index is 0.0346. The lowest BCUT2D eigenvalue weighted by Gasteiger charge is -2.02. The molecular formula is C16H22N4O3S2. The normalized spacial score (nSPS) is 11.4. The zero-order chi connectivity index (χ0) is 18.3. The Morgan fingerprint density at radius 1 is 1.16 bits per heavy atom. The van der Waals surface area contributed by atoms with E-state index in [1.807, 2.05) is 13.0 Å². The molecule has 0 radical (unpaired) electrons. The first-order valence-corrected chi connectivity index (χ1v) is 10.8. The summed E-state index contributed by atoms with van der Waals surface area (Å²) in [6.07, 6.45) is 6.14. The quantitative estimate of drug-likeness (QED) is 0.669. The number of hydrogen-bond acceptors (Lipinski definition) is 7. The van der Waals surface area contributed by atoms with Gasteiger partial charge < -0.3 is 0 Å². The lowest BCUT2D eigenvalue weighted by molar-refractivity contribution is 0.102. The van der Waals surface area contributed by atoms with Gasteiger partial charge in [-0.05, 0) is 30.9 Å². The molecule has 0 aliphatic carbocycles. The van der Waals surface area contributed by atoms with Crippen LogP contribution in [0.15, 0.2) is 22.7 Å². The number of pyridine rings is 1. The van der Waals surface area contributed by atoms with Gasteiger partial charge in [0.15, 0.2) is 0 Å². The summed E-state index contributed by atoms with van der Waals surface area (Å²) in [6, 6.07) is 3.53. The van der Waals surface area contributed by atoms with E-state index < -0.39 is 15.7 Å². The predicted molar refractivity (Wildman–Crippen MR) is 97.7 cm³/mol. The van der Waals surface area contributed by atoms with Gasteiger partial charge in [-0.15, -0.1) is 10.2 Å². The highest BCUT2D eigenvalue weighted by atomic mass is 32.2. The molecule has 25 heavy (non-hydrogen) atoms. The Kier molecular flexibility index (Phi) is 7.01. The number of rotatable bonds is 9. The van der Waals surface area contributed by atoms with E-state index in [1.165, 1.54) is 0 Å². The molecule has 2 aromatic rings. The van der Waals surface area contributed by atoms with Crippen molar-refractivity contribution in [2.24, 2.45) is 0 Å². The molecule has 1 N–H and O–H groups in total. The first kappa shape index (κ1) is 19.5. The Morgan fingerprint density at radius 2 is 1.92 bits per heavy atom. The van der Waals surface area contributed by atoms with Crippen LogP contribution in [0.5, 0.6) is 0 Å². The lowest BCUT2D eigenvalue weighted by atomic mass is 10.1. The van der Waals surface area contributed by atoms with Gasteiger partial charge in [0, 0.05) is 6.20 Å². The average Bonchev–Trinajstić information content (AvgIpc) is 3.08. The third-order valence-electron chi connectivity index (χ3n) is 3.54. The molecule has 0 saturated heterocycles. The number of nitrogens with one attached hydrogen (secondary N) is 1. The predicted octanol–water partition coefficient (Wildman–Crippen LogP) is 3.10. The van der Waals surface area contributed by atoms with Crippen LogP contribution in [0.2, 0.25) is 0 Å². The van der Waals surface area contributed by atoms with Crippen LogP contribution < -0.4 is 5.32 Å². The molecule has 9 heteroatoms. The van der Waals surface area contributed by atoms with Crippen molar-refractivity contribution in [1.29, 1.82) is 0 Å². The maximum Gasteiger partial charge on any atom is 0.276 e. The van der Waals surface area contributed by atoms with Crippen molar-refractivity contribution in [1.82, 2.24) is 15.2 Å². The topological polar surface area (TPSA) is 102 Å². The maximum atomic E-state index is 12.2. The summed E-state index contributed by atoms with van der Waals surface area (Å²) in [4.78, 5) is 16.3. The molecule has 0 fully saturated rings. The number of carbonyl (C=O) groups is 1. The number of nitrogens with zero attached hydrogens (tertiary/aromatic N) is 3. The van der Waals surface area contributed by atoms with Crippen LogP contribution >= 0.6 is 11.3 Å². The Labute approximate surface area is 151 Å². The summed E-state index contributed by atoms with van der Waals surface area (Å²) >= 11 is 0.858. The molecule has 0 aromatic carbocycles. The van der Waals surface area contributed by atoms with E-state index in [-0.39, 0.29) is 20.9 Å². The Balaban J connectivity index is 2.01. The fourth-order valence-electron chi connectivity index (χ4n) is 2.06. The third kappa shape index (κ3) is 5.57. The van der Waals surface area contributed by atoms with Gasteiger partial charge in [-0.1, -0.05) is 44.1 Å². The van der Waals surface area contributed by atoms with Crippen molar-refractivity contribution in [3.8, 4) is 0 Å². The lowest BCUT2D eigenvalue weighted by Crippen LogP contribution is -2.13. The van der Waals surface area contributed by atoms with Crippen LogP contribution in [-0.4, -0.2) is 35.3 Å². The standard InChI is InChI=1S/C16H22N4O3S2/c1-3-5-7-12-8-9-13(17-11-12)14(21)18-15-19-20-16(24-15)25(22,23)10-6-4-2/h8-9,11H,3-7,10H2,1-2H3,(H,18,19,21). The summed E-state index contributed by atoms with van der Waals surface area (Å²) in [5, 5.41) is 10.1. The van der Waals surface area contributed by atoms with Gasteiger partial charge in [0.05, 0.1) is 5.75 Å². The molecule has 2 rings (SSSR count). The molecule has 0 atom stereocenters. The maximum absolute atomic E-state index is 12.2. The molecule has 0 unspecified atom stereocenters. The van der Waals surface area contributed by atoms with Crippen LogP contribution in [0, 0.1) is 0 Å².